The molecule has 5 rings (SSSR count). The zero-order valence-corrected chi connectivity index (χ0v) is 16.8. The third kappa shape index (κ3) is 3.36. The van der Waals surface area contributed by atoms with E-state index in [-0.39, 0.29) is 11.7 Å². The maximum Gasteiger partial charge on any atom is 0.330 e. The molecule has 4 heterocycles. The zero-order valence-electron chi connectivity index (χ0n) is 16.8. The van der Waals surface area contributed by atoms with Crippen LogP contribution in [0.2, 0.25) is 0 Å². The summed E-state index contributed by atoms with van der Waals surface area (Å²) in [5.74, 6) is 1.65. The number of nitrogens with zero attached hydrogens (tertiary/aromatic N) is 6. The molecule has 1 saturated heterocycles. The van der Waals surface area contributed by atoms with Gasteiger partial charge in [-0.1, -0.05) is 18.9 Å². The molecule has 2 fully saturated rings. The maximum absolute atomic E-state index is 12.8. The highest BCUT2D eigenvalue weighted by Gasteiger charge is 2.25. The first-order chi connectivity index (χ1) is 14.2. The molecule has 3 aromatic heterocycles. The van der Waals surface area contributed by atoms with Crippen molar-refractivity contribution < 1.29 is 0 Å². The van der Waals surface area contributed by atoms with Crippen LogP contribution in [0.3, 0.4) is 0 Å². The second-order valence-electron chi connectivity index (χ2n) is 8.15. The van der Waals surface area contributed by atoms with E-state index in [0.717, 1.165) is 55.8 Å². The largest absolute Gasteiger partial charge is 0.356 e. The molecule has 8 heteroatoms. The molecule has 1 N–H and O–H groups in total. The van der Waals surface area contributed by atoms with Gasteiger partial charge in [0.1, 0.15) is 11.3 Å². The van der Waals surface area contributed by atoms with Gasteiger partial charge in [-0.15, -0.1) is 0 Å². The summed E-state index contributed by atoms with van der Waals surface area (Å²) in [5.41, 5.74) is 1.58. The minimum atomic E-state index is 0.0158. The van der Waals surface area contributed by atoms with Crippen LogP contribution in [0.25, 0.3) is 11.2 Å². The van der Waals surface area contributed by atoms with Gasteiger partial charge in [-0.25, -0.2) is 14.8 Å². The minimum Gasteiger partial charge on any atom is -0.356 e. The Labute approximate surface area is 169 Å². The van der Waals surface area contributed by atoms with Crippen LogP contribution >= 0.6 is 0 Å². The van der Waals surface area contributed by atoms with Crippen LogP contribution in [0.4, 0.5) is 11.8 Å². The van der Waals surface area contributed by atoms with Crippen molar-refractivity contribution in [1.82, 2.24) is 24.1 Å². The van der Waals surface area contributed by atoms with E-state index in [1.165, 1.54) is 12.8 Å². The van der Waals surface area contributed by atoms with Gasteiger partial charge in [-0.05, 0) is 37.8 Å². The van der Waals surface area contributed by atoms with E-state index >= 15 is 0 Å². The van der Waals surface area contributed by atoms with Crippen molar-refractivity contribution in [3.63, 3.8) is 0 Å². The van der Waals surface area contributed by atoms with E-state index < -0.39 is 0 Å². The Bertz CT molecular complexity index is 1040. The highest BCUT2D eigenvalue weighted by molar-refractivity contribution is 5.72. The lowest BCUT2D eigenvalue weighted by Crippen LogP contribution is -2.39. The van der Waals surface area contributed by atoms with Gasteiger partial charge in [-0.2, -0.15) is 4.98 Å². The molecule has 0 radical (unpaired) electrons. The molecular formula is C21H27N7O. The van der Waals surface area contributed by atoms with Crippen molar-refractivity contribution >= 4 is 22.9 Å². The fourth-order valence-electron chi connectivity index (χ4n) is 4.67. The van der Waals surface area contributed by atoms with E-state index in [2.05, 4.69) is 26.3 Å². The summed E-state index contributed by atoms with van der Waals surface area (Å²) in [5, 5.41) is 3.50. The summed E-state index contributed by atoms with van der Waals surface area (Å²) in [6, 6.07) is 6.61. The maximum atomic E-state index is 12.8. The van der Waals surface area contributed by atoms with Crippen LogP contribution in [0, 0.1) is 0 Å². The van der Waals surface area contributed by atoms with Crippen molar-refractivity contribution in [2.24, 2.45) is 7.05 Å². The molecule has 29 heavy (non-hydrogen) atoms. The molecule has 152 valence electrons. The standard InChI is InChI=1S/C21H27N7O/c1-26-17-14-23-20(25-19(17)28(21(26)29)16-6-2-3-7-16)24-15-9-12-27(13-10-15)18-8-4-5-11-22-18/h4-5,8,11,14-16H,2-3,6-7,9-10,12-13H2,1H3,(H,23,24,25). The second kappa shape index (κ2) is 7.50. The fourth-order valence-corrected chi connectivity index (χ4v) is 4.67. The number of hydrogen-bond donors (Lipinski definition) is 1. The van der Waals surface area contributed by atoms with Crippen molar-refractivity contribution in [2.75, 3.05) is 23.3 Å². The third-order valence-electron chi connectivity index (χ3n) is 6.32. The summed E-state index contributed by atoms with van der Waals surface area (Å²) in [7, 11) is 1.81. The van der Waals surface area contributed by atoms with Crippen molar-refractivity contribution in [3.8, 4) is 0 Å². The lowest BCUT2D eigenvalue weighted by atomic mass is 10.1. The molecule has 0 spiro atoms. The normalized spacial score (nSPS) is 18.6. The number of hydrogen-bond acceptors (Lipinski definition) is 6. The summed E-state index contributed by atoms with van der Waals surface area (Å²) < 4.78 is 3.56. The number of rotatable bonds is 4. The molecule has 2 aliphatic rings. The van der Waals surface area contributed by atoms with E-state index in [1.807, 2.05) is 22.9 Å². The molecule has 0 amide bonds. The Morgan fingerprint density at radius 3 is 2.59 bits per heavy atom. The topological polar surface area (TPSA) is 80.9 Å². The zero-order chi connectivity index (χ0) is 19.8. The van der Waals surface area contributed by atoms with Crippen LogP contribution in [0.1, 0.15) is 44.6 Å². The number of anilines is 2. The molecule has 3 aromatic rings. The monoisotopic (exact) mass is 393 g/mol. The number of aromatic nitrogens is 5. The minimum absolute atomic E-state index is 0.0158. The lowest BCUT2D eigenvalue weighted by molar-refractivity contribution is 0.505. The molecule has 1 aliphatic heterocycles. The molecule has 0 bridgehead atoms. The van der Waals surface area contributed by atoms with Crippen LogP contribution in [0.15, 0.2) is 35.4 Å². The molecule has 8 nitrogen and oxygen atoms in total. The number of fused-ring (bicyclic) bond motifs is 1. The predicted molar refractivity (Wildman–Crippen MR) is 113 cm³/mol. The van der Waals surface area contributed by atoms with Crippen LogP contribution in [0.5, 0.6) is 0 Å². The molecule has 0 aromatic carbocycles. The van der Waals surface area contributed by atoms with E-state index in [4.69, 9.17) is 4.98 Å². The fraction of sp³-hybridized carbons (Fsp3) is 0.524. The molecule has 1 saturated carbocycles. The van der Waals surface area contributed by atoms with Gasteiger partial charge in [0.05, 0.1) is 6.20 Å². The molecule has 1 aliphatic carbocycles. The summed E-state index contributed by atoms with van der Waals surface area (Å²) >= 11 is 0. The lowest BCUT2D eigenvalue weighted by Gasteiger charge is -2.33. The average Bonchev–Trinajstić information content (AvgIpc) is 3.36. The number of aryl methyl sites for hydroxylation is 1. The molecule has 0 atom stereocenters. The summed E-state index contributed by atoms with van der Waals surface area (Å²) in [6.07, 6.45) is 10.1. The first-order valence-corrected chi connectivity index (χ1v) is 10.6. The Morgan fingerprint density at radius 2 is 1.86 bits per heavy atom. The van der Waals surface area contributed by atoms with E-state index in [0.29, 0.717) is 12.0 Å². The predicted octanol–water partition coefficient (Wildman–Crippen LogP) is 2.72. The molecular weight excluding hydrogens is 366 g/mol. The van der Waals surface area contributed by atoms with Crippen LogP contribution in [-0.2, 0) is 7.05 Å². The smallest absolute Gasteiger partial charge is 0.330 e. The highest BCUT2D eigenvalue weighted by atomic mass is 16.1. The van der Waals surface area contributed by atoms with Crippen LogP contribution < -0.4 is 15.9 Å². The number of imidazole rings is 1. The average molecular weight is 393 g/mol. The van der Waals surface area contributed by atoms with Gasteiger partial charge in [0.25, 0.3) is 0 Å². The Morgan fingerprint density at radius 1 is 1.07 bits per heavy atom. The van der Waals surface area contributed by atoms with Crippen molar-refractivity contribution in [1.29, 1.82) is 0 Å². The van der Waals surface area contributed by atoms with Gasteiger partial charge in [0.2, 0.25) is 5.95 Å². The Kier molecular flexibility index (Phi) is 4.69. The second-order valence-corrected chi connectivity index (χ2v) is 8.15. The van der Waals surface area contributed by atoms with Crippen LogP contribution in [-0.4, -0.2) is 43.2 Å². The Balaban J connectivity index is 1.34. The SMILES string of the molecule is Cn1c(=O)n(C2CCCC2)c2nc(NC3CCN(c4ccccn4)CC3)ncc21. The van der Waals surface area contributed by atoms with Gasteiger partial charge in [0, 0.05) is 38.4 Å². The van der Waals surface area contributed by atoms with Crippen molar-refractivity contribution in [3.05, 3.63) is 41.1 Å². The summed E-state index contributed by atoms with van der Waals surface area (Å²) in [6.45, 7) is 1.91. The summed E-state index contributed by atoms with van der Waals surface area (Å²) in [4.78, 5) is 28.8. The quantitative estimate of drug-likeness (QED) is 0.734. The number of pyridine rings is 1. The third-order valence-corrected chi connectivity index (χ3v) is 6.32. The van der Waals surface area contributed by atoms with Gasteiger partial charge in [0.15, 0.2) is 5.65 Å². The van der Waals surface area contributed by atoms with Gasteiger partial charge >= 0.3 is 5.69 Å². The molecule has 0 unspecified atom stereocenters. The first-order valence-electron chi connectivity index (χ1n) is 10.6. The van der Waals surface area contributed by atoms with Gasteiger partial charge < -0.3 is 10.2 Å². The number of nitrogens with one attached hydrogen (secondary N) is 1. The van der Waals surface area contributed by atoms with E-state index in [1.54, 1.807) is 17.8 Å². The Hall–Kier alpha value is -2.90. The van der Waals surface area contributed by atoms with Crippen molar-refractivity contribution in [2.45, 2.75) is 50.6 Å². The van der Waals surface area contributed by atoms with E-state index in [9.17, 15) is 4.79 Å². The highest BCUT2D eigenvalue weighted by Crippen LogP contribution is 2.30. The number of piperidine rings is 1. The first kappa shape index (κ1) is 18.1. The van der Waals surface area contributed by atoms with Gasteiger partial charge in [-0.3, -0.25) is 9.13 Å².